The SMILES string of the molecule is Cc1ncc(CC(CNC2CC2)C2CCCC2)s1. The minimum Gasteiger partial charge on any atom is -0.314 e. The quantitative estimate of drug-likeness (QED) is 0.850. The van der Waals surface area contributed by atoms with Crippen LogP contribution >= 0.6 is 11.3 Å². The van der Waals surface area contributed by atoms with Crippen molar-refractivity contribution in [3.63, 3.8) is 0 Å². The van der Waals surface area contributed by atoms with Crippen LogP contribution in [0.2, 0.25) is 0 Å². The van der Waals surface area contributed by atoms with E-state index in [0.29, 0.717) is 0 Å². The van der Waals surface area contributed by atoms with Crippen molar-refractivity contribution in [2.45, 2.75) is 57.9 Å². The summed E-state index contributed by atoms with van der Waals surface area (Å²) in [6.07, 6.45) is 11.9. The zero-order chi connectivity index (χ0) is 12.4. The third kappa shape index (κ3) is 3.33. The fourth-order valence-electron chi connectivity index (χ4n) is 3.20. The number of aromatic nitrogens is 1. The van der Waals surface area contributed by atoms with Crippen LogP contribution in [-0.2, 0) is 6.42 Å². The van der Waals surface area contributed by atoms with Crippen LogP contribution in [0.5, 0.6) is 0 Å². The van der Waals surface area contributed by atoms with E-state index >= 15 is 0 Å². The molecule has 2 fully saturated rings. The summed E-state index contributed by atoms with van der Waals surface area (Å²) in [4.78, 5) is 5.89. The standard InChI is InChI=1S/C15H24N2S/c1-11-16-10-15(18-11)8-13(9-17-14-6-7-14)12-4-2-3-5-12/h10,12-14,17H,2-9H2,1H3. The van der Waals surface area contributed by atoms with E-state index in [1.807, 2.05) is 11.3 Å². The van der Waals surface area contributed by atoms with Gasteiger partial charge in [0.1, 0.15) is 0 Å². The van der Waals surface area contributed by atoms with Gasteiger partial charge in [-0.25, -0.2) is 4.98 Å². The first-order chi connectivity index (χ1) is 8.81. The van der Waals surface area contributed by atoms with Crippen molar-refractivity contribution >= 4 is 11.3 Å². The Bertz CT molecular complexity index is 378. The van der Waals surface area contributed by atoms with Crippen LogP contribution in [0, 0.1) is 18.8 Å². The van der Waals surface area contributed by atoms with E-state index in [4.69, 9.17) is 0 Å². The number of hydrogen-bond acceptors (Lipinski definition) is 3. The maximum atomic E-state index is 4.40. The second-order valence-corrected chi connectivity index (χ2v) is 7.36. The zero-order valence-corrected chi connectivity index (χ0v) is 12.1. The molecule has 0 saturated heterocycles. The molecule has 0 radical (unpaired) electrons. The number of hydrogen-bond donors (Lipinski definition) is 1. The Hall–Kier alpha value is -0.410. The molecule has 0 amide bonds. The Morgan fingerprint density at radius 2 is 2.11 bits per heavy atom. The minimum atomic E-state index is 0.841. The molecule has 1 N–H and O–H groups in total. The Morgan fingerprint density at radius 3 is 2.72 bits per heavy atom. The van der Waals surface area contributed by atoms with Crippen LogP contribution in [0.3, 0.4) is 0 Å². The van der Waals surface area contributed by atoms with Gasteiger partial charge in [-0.3, -0.25) is 0 Å². The number of aryl methyl sites for hydroxylation is 1. The summed E-state index contributed by atoms with van der Waals surface area (Å²) in [7, 11) is 0. The molecule has 1 atom stereocenters. The van der Waals surface area contributed by atoms with Gasteiger partial charge in [0.2, 0.25) is 0 Å². The third-order valence-electron chi connectivity index (χ3n) is 4.45. The molecule has 2 aliphatic carbocycles. The molecular formula is C15H24N2S. The molecule has 1 aromatic heterocycles. The van der Waals surface area contributed by atoms with Crippen molar-refractivity contribution in [3.8, 4) is 0 Å². The highest BCUT2D eigenvalue weighted by Gasteiger charge is 2.28. The van der Waals surface area contributed by atoms with Gasteiger partial charge in [0.25, 0.3) is 0 Å². The lowest BCUT2D eigenvalue weighted by Gasteiger charge is -2.23. The maximum absolute atomic E-state index is 4.40. The highest BCUT2D eigenvalue weighted by Crippen LogP contribution is 2.34. The average molecular weight is 264 g/mol. The summed E-state index contributed by atoms with van der Waals surface area (Å²) in [6.45, 7) is 3.34. The van der Waals surface area contributed by atoms with Gasteiger partial charge >= 0.3 is 0 Å². The van der Waals surface area contributed by atoms with Gasteiger partial charge < -0.3 is 5.32 Å². The van der Waals surface area contributed by atoms with Crippen LogP contribution in [0.4, 0.5) is 0 Å². The van der Waals surface area contributed by atoms with E-state index in [-0.39, 0.29) is 0 Å². The van der Waals surface area contributed by atoms with E-state index < -0.39 is 0 Å². The molecule has 2 aliphatic rings. The molecule has 1 unspecified atom stereocenters. The summed E-state index contributed by atoms with van der Waals surface area (Å²) in [5.41, 5.74) is 0. The number of nitrogens with one attached hydrogen (secondary N) is 1. The normalized spacial score (nSPS) is 22.5. The molecule has 3 rings (SSSR count). The highest BCUT2D eigenvalue weighted by molar-refractivity contribution is 7.11. The second-order valence-electron chi connectivity index (χ2n) is 6.04. The van der Waals surface area contributed by atoms with Crippen molar-refractivity contribution in [1.82, 2.24) is 10.3 Å². The van der Waals surface area contributed by atoms with E-state index in [9.17, 15) is 0 Å². The summed E-state index contributed by atoms with van der Waals surface area (Å²) >= 11 is 1.89. The second kappa shape index (κ2) is 5.70. The highest BCUT2D eigenvalue weighted by atomic mass is 32.1. The molecule has 0 bridgehead atoms. The Labute approximate surface area is 114 Å². The van der Waals surface area contributed by atoms with Crippen LogP contribution in [0.15, 0.2) is 6.20 Å². The zero-order valence-electron chi connectivity index (χ0n) is 11.3. The van der Waals surface area contributed by atoms with Gasteiger partial charge in [-0.2, -0.15) is 0 Å². The topological polar surface area (TPSA) is 24.9 Å². The first kappa shape index (κ1) is 12.6. The summed E-state index contributed by atoms with van der Waals surface area (Å²) in [5, 5.41) is 4.96. The van der Waals surface area contributed by atoms with E-state index in [1.54, 1.807) is 0 Å². The van der Waals surface area contributed by atoms with E-state index in [0.717, 1.165) is 17.9 Å². The summed E-state index contributed by atoms with van der Waals surface area (Å²) < 4.78 is 0. The van der Waals surface area contributed by atoms with Gasteiger partial charge in [0.15, 0.2) is 0 Å². The van der Waals surface area contributed by atoms with Gasteiger partial charge in [0.05, 0.1) is 5.01 Å². The average Bonchev–Trinajstić information content (AvgIpc) is 2.86. The molecule has 2 saturated carbocycles. The molecule has 1 heterocycles. The third-order valence-corrected chi connectivity index (χ3v) is 5.38. The van der Waals surface area contributed by atoms with Crippen molar-refractivity contribution in [2.75, 3.05) is 6.54 Å². The molecule has 0 spiro atoms. The molecule has 3 heteroatoms. The number of thiazole rings is 1. The Balaban J connectivity index is 1.59. The number of rotatable bonds is 6. The van der Waals surface area contributed by atoms with Crippen LogP contribution in [-0.4, -0.2) is 17.6 Å². The summed E-state index contributed by atoms with van der Waals surface area (Å²) in [5.74, 6) is 1.80. The molecular weight excluding hydrogens is 240 g/mol. The first-order valence-electron chi connectivity index (χ1n) is 7.46. The van der Waals surface area contributed by atoms with Gasteiger partial charge in [-0.05, 0) is 44.6 Å². The Morgan fingerprint density at radius 1 is 1.33 bits per heavy atom. The molecule has 100 valence electrons. The fraction of sp³-hybridized carbons (Fsp3) is 0.800. The van der Waals surface area contributed by atoms with Gasteiger partial charge in [-0.1, -0.05) is 25.7 Å². The molecule has 18 heavy (non-hydrogen) atoms. The molecule has 0 aliphatic heterocycles. The molecule has 1 aromatic rings. The van der Waals surface area contributed by atoms with E-state index in [2.05, 4.69) is 23.4 Å². The smallest absolute Gasteiger partial charge is 0.0896 e. The predicted molar refractivity (Wildman–Crippen MR) is 77.0 cm³/mol. The van der Waals surface area contributed by atoms with Crippen LogP contribution in [0.1, 0.15) is 48.4 Å². The van der Waals surface area contributed by atoms with Crippen molar-refractivity contribution in [1.29, 1.82) is 0 Å². The maximum Gasteiger partial charge on any atom is 0.0896 e. The van der Waals surface area contributed by atoms with Crippen LogP contribution < -0.4 is 5.32 Å². The summed E-state index contributed by atoms with van der Waals surface area (Å²) in [6, 6.07) is 0.845. The Kier molecular flexibility index (Phi) is 4.00. The lowest BCUT2D eigenvalue weighted by molar-refractivity contribution is 0.321. The minimum absolute atomic E-state index is 0.841. The first-order valence-corrected chi connectivity index (χ1v) is 8.27. The van der Waals surface area contributed by atoms with Gasteiger partial charge in [0, 0.05) is 17.1 Å². The monoisotopic (exact) mass is 264 g/mol. The molecule has 0 aromatic carbocycles. The van der Waals surface area contributed by atoms with E-state index in [1.165, 1.54) is 61.4 Å². The fourth-order valence-corrected chi connectivity index (χ4v) is 4.09. The van der Waals surface area contributed by atoms with Crippen molar-refractivity contribution in [3.05, 3.63) is 16.1 Å². The van der Waals surface area contributed by atoms with Crippen molar-refractivity contribution in [2.24, 2.45) is 11.8 Å². The lowest BCUT2D eigenvalue weighted by atomic mass is 9.87. The van der Waals surface area contributed by atoms with Crippen LogP contribution in [0.25, 0.3) is 0 Å². The lowest BCUT2D eigenvalue weighted by Crippen LogP contribution is -2.30. The predicted octanol–water partition coefficient (Wildman–Crippen LogP) is 3.55. The van der Waals surface area contributed by atoms with Gasteiger partial charge in [-0.15, -0.1) is 11.3 Å². The number of nitrogens with zero attached hydrogens (tertiary/aromatic N) is 1. The largest absolute Gasteiger partial charge is 0.314 e. The molecule has 2 nitrogen and oxygen atoms in total. The van der Waals surface area contributed by atoms with Crippen molar-refractivity contribution < 1.29 is 0 Å².